The molecule has 150 valence electrons. The lowest BCUT2D eigenvalue weighted by atomic mass is 10.1. The molecule has 0 unspecified atom stereocenters. The maximum Gasteiger partial charge on any atom is 0.261 e. The number of amides is 1. The van der Waals surface area contributed by atoms with Crippen molar-refractivity contribution in [1.29, 1.82) is 0 Å². The third-order valence-corrected chi connectivity index (χ3v) is 7.04. The molecule has 0 bridgehead atoms. The SMILES string of the molecule is Cc1ccc(OCC(=O)N(Cc2cccc(Cl)c2)[C@H]2CCS(=O)(=O)C2)cc1C. The van der Waals surface area contributed by atoms with Gasteiger partial charge in [-0.05, 0) is 61.2 Å². The average molecular weight is 422 g/mol. The number of hydrogen-bond donors (Lipinski definition) is 0. The van der Waals surface area contributed by atoms with Gasteiger partial charge in [0, 0.05) is 17.6 Å². The van der Waals surface area contributed by atoms with E-state index >= 15 is 0 Å². The minimum Gasteiger partial charge on any atom is -0.484 e. The average Bonchev–Trinajstić information content (AvgIpc) is 3.00. The molecule has 5 nitrogen and oxygen atoms in total. The first kappa shape index (κ1) is 20.7. The molecule has 2 aromatic carbocycles. The summed E-state index contributed by atoms with van der Waals surface area (Å²) in [6.45, 7) is 4.16. The Labute approximate surface area is 171 Å². The van der Waals surface area contributed by atoms with Gasteiger partial charge in [0.2, 0.25) is 0 Å². The van der Waals surface area contributed by atoms with Gasteiger partial charge in [-0.2, -0.15) is 0 Å². The van der Waals surface area contributed by atoms with Gasteiger partial charge in [-0.25, -0.2) is 8.42 Å². The number of carbonyl (C=O) groups is 1. The van der Waals surface area contributed by atoms with E-state index in [1.54, 1.807) is 17.0 Å². The van der Waals surface area contributed by atoms with E-state index in [-0.39, 0.29) is 30.1 Å². The molecule has 0 saturated carbocycles. The highest BCUT2D eigenvalue weighted by atomic mass is 35.5. The zero-order valence-electron chi connectivity index (χ0n) is 16.0. The third kappa shape index (κ3) is 5.26. The fourth-order valence-electron chi connectivity index (χ4n) is 3.31. The molecule has 1 fully saturated rings. The second-order valence-electron chi connectivity index (χ2n) is 7.24. The molecule has 3 rings (SSSR count). The molecule has 0 N–H and O–H groups in total. The summed E-state index contributed by atoms with van der Waals surface area (Å²) in [7, 11) is -3.11. The fraction of sp³-hybridized carbons (Fsp3) is 0.381. The molecular weight excluding hydrogens is 398 g/mol. The molecule has 28 heavy (non-hydrogen) atoms. The maximum absolute atomic E-state index is 12.9. The van der Waals surface area contributed by atoms with Crippen LogP contribution in [0.3, 0.4) is 0 Å². The van der Waals surface area contributed by atoms with Gasteiger partial charge in [-0.15, -0.1) is 0 Å². The van der Waals surface area contributed by atoms with Crippen molar-refractivity contribution in [3.05, 3.63) is 64.2 Å². The lowest BCUT2D eigenvalue weighted by Gasteiger charge is -2.28. The largest absolute Gasteiger partial charge is 0.484 e. The van der Waals surface area contributed by atoms with Crippen LogP contribution in [0.15, 0.2) is 42.5 Å². The molecule has 0 aromatic heterocycles. The Morgan fingerprint density at radius 1 is 1.18 bits per heavy atom. The van der Waals surface area contributed by atoms with Crippen LogP contribution in [0.25, 0.3) is 0 Å². The van der Waals surface area contributed by atoms with Crippen molar-refractivity contribution in [3.8, 4) is 5.75 Å². The number of aryl methyl sites for hydroxylation is 2. The Morgan fingerprint density at radius 3 is 2.61 bits per heavy atom. The van der Waals surface area contributed by atoms with Crippen LogP contribution in [0.5, 0.6) is 5.75 Å². The van der Waals surface area contributed by atoms with Crippen molar-refractivity contribution < 1.29 is 17.9 Å². The Kier molecular flexibility index (Phi) is 6.30. The Hall–Kier alpha value is -2.05. The minimum atomic E-state index is -3.11. The van der Waals surface area contributed by atoms with E-state index in [1.165, 1.54) is 0 Å². The number of rotatable bonds is 6. The normalized spacial score (nSPS) is 18.0. The highest BCUT2D eigenvalue weighted by molar-refractivity contribution is 7.91. The third-order valence-electron chi connectivity index (χ3n) is 5.05. The van der Waals surface area contributed by atoms with Crippen molar-refractivity contribution in [3.63, 3.8) is 0 Å². The summed E-state index contributed by atoms with van der Waals surface area (Å²) in [6.07, 6.45) is 0.443. The van der Waals surface area contributed by atoms with Crippen LogP contribution in [0.2, 0.25) is 5.02 Å². The maximum atomic E-state index is 12.9. The van der Waals surface area contributed by atoms with E-state index in [0.29, 0.717) is 23.7 Å². The summed E-state index contributed by atoms with van der Waals surface area (Å²) in [4.78, 5) is 14.5. The first-order valence-corrected chi connectivity index (χ1v) is 11.4. The van der Waals surface area contributed by atoms with Crippen LogP contribution in [0, 0.1) is 13.8 Å². The smallest absolute Gasteiger partial charge is 0.261 e. The van der Waals surface area contributed by atoms with Crippen molar-refractivity contribution in [1.82, 2.24) is 4.90 Å². The van der Waals surface area contributed by atoms with Crippen LogP contribution in [-0.4, -0.2) is 43.4 Å². The van der Waals surface area contributed by atoms with Crippen LogP contribution >= 0.6 is 11.6 Å². The molecule has 1 amide bonds. The van der Waals surface area contributed by atoms with Crippen LogP contribution < -0.4 is 4.74 Å². The molecule has 1 aliphatic heterocycles. The highest BCUT2D eigenvalue weighted by Crippen LogP contribution is 2.22. The summed E-state index contributed by atoms with van der Waals surface area (Å²) in [5.41, 5.74) is 3.09. The van der Waals surface area contributed by atoms with Gasteiger partial charge in [0.15, 0.2) is 16.4 Å². The predicted octanol–water partition coefficient (Wildman–Crippen LogP) is 3.55. The number of nitrogens with zero attached hydrogens (tertiary/aromatic N) is 1. The highest BCUT2D eigenvalue weighted by Gasteiger charge is 2.34. The van der Waals surface area contributed by atoms with E-state index in [0.717, 1.165) is 16.7 Å². The molecule has 1 aliphatic rings. The summed E-state index contributed by atoms with van der Waals surface area (Å²) < 4.78 is 29.6. The monoisotopic (exact) mass is 421 g/mol. The summed E-state index contributed by atoms with van der Waals surface area (Å²) in [6, 6.07) is 12.6. The number of carbonyl (C=O) groups excluding carboxylic acids is 1. The predicted molar refractivity (Wildman–Crippen MR) is 110 cm³/mol. The lowest BCUT2D eigenvalue weighted by Crippen LogP contribution is -2.43. The fourth-order valence-corrected chi connectivity index (χ4v) is 5.25. The summed E-state index contributed by atoms with van der Waals surface area (Å²) in [5, 5.41) is 0.579. The number of ether oxygens (including phenoxy) is 1. The van der Waals surface area contributed by atoms with E-state index in [9.17, 15) is 13.2 Å². The minimum absolute atomic E-state index is 0.0110. The number of hydrogen-bond acceptors (Lipinski definition) is 4. The first-order chi connectivity index (χ1) is 13.2. The number of sulfone groups is 1. The van der Waals surface area contributed by atoms with E-state index in [2.05, 4.69) is 0 Å². The molecular formula is C21H24ClNO4S. The second-order valence-corrected chi connectivity index (χ2v) is 9.91. The van der Waals surface area contributed by atoms with Crippen LogP contribution in [0.1, 0.15) is 23.1 Å². The Morgan fingerprint density at radius 2 is 1.96 bits per heavy atom. The van der Waals surface area contributed by atoms with Gasteiger partial charge in [0.05, 0.1) is 11.5 Å². The number of halogens is 1. The van der Waals surface area contributed by atoms with Crippen molar-refractivity contribution in [2.75, 3.05) is 18.1 Å². The van der Waals surface area contributed by atoms with Crippen LogP contribution in [-0.2, 0) is 21.2 Å². The van der Waals surface area contributed by atoms with Crippen molar-refractivity contribution >= 4 is 27.3 Å². The van der Waals surface area contributed by atoms with Crippen LogP contribution in [0.4, 0.5) is 0 Å². The zero-order chi connectivity index (χ0) is 20.3. The van der Waals surface area contributed by atoms with Crippen molar-refractivity contribution in [2.24, 2.45) is 0 Å². The van der Waals surface area contributed by atoms with Gasteiger partial charge in [-0.1, -0.05) is 29.8 Å². The topological polar surface area (TPSA) is 63.7 Å². The summed E-state index contributed by atoms with van der Waals surface area (Å²) >= 11 is 6.06. The summed E-state index contributed by atoms with van der Waals surface area (Å²) in [5.74, 6) is 0.483. The van der Waals surface area contributed by atoms with Gasteiger partial charge in [0.25, 0.3) is 5.91 Å². The Balaban J connectivity index is 1.75. The molecule has 1 heterocycles. The molecule has 1 atom stereocenters. The van der Waals surface area contributed by atoms with Gasteiger partial charge < -0.3 is 9.64 Å². The second kappa shape index (κ2) is 8.53. The van der Waals surface area contributed by atoms with E-state index in [4.69, 9.17) is 16.3 Å². The zero-order valence-corrected chi connectivity index (χ0v) is 17.6. The quantitative estimate of drug-likeness (QED) is 0.715. The van der Waals surface area contributed by atoms with E-state index < -0.39 is 9.84 Å². The van der Waals surface area contributed by atoms with Gasteiger partial charge >= 0.3 is 0 Å². The number of benzene rings is 2. The molecule has 2 aromatic rings. The molecule has 7 heteroatoms. The van der Waals surface area contributed by atoms with Crippen molar-refractivity contribution in [2.45, 2.75) is 32.9 Å². The molecule has 0 aliphatic carbocycles. The van der Waals surface area contributed by atoms with Gasteiger partial charge in [-0.3, -0.25) is 4.79 Å². The molecule has 0 spiro atoms. The lowest BCUT2D eigenvalue weighted by molar-refractivity contribution is -0.136. The molecule has 0 radical (unpaired) electrons. The first-order valence-electron chi connectivity index (χ1n) is 9.18. The van der Waals surface area contributed by atoms with Gasteiger partial charge in [0.1, 0.15) is 5.75 Å². The standard InChI is InChI=1S/C21H24ClNO4S/c1-15-6-7-20(10-16(15)2)27-13-21(24)23(19-8-9-28(25,26)14-19)12-17-4-3-5-18(22)11-17/h3-7,10-11,19H,8-9,12-14H2,1-2H3/t19-/m0/s1. The van der Waals surface area contributed by atoms with E-state index in [1.807, 2.05) is 44.2 Å². The Bertz CT molecular complexity index is 974. The molecule has 1 saturated heterocycles.